The van der Waals surface area contributed by atoms with Gasteiger partial charge in [-0.1, -0.05) is 34.1 Å². The van der Waals surface area contributed by atoms with Gasteiger partial charge in [0, 0.05) is 10.2 Å². The van der Waals surface area contributed by atoms with E-state index in [9.17, 15) is 8.42 Å². The largest absolute Gasteiger partial charge is 0.495 e. The van der Waals surface area contributed by atoms with Crippen molar-refractivity contribution in [2.75, 3.05) is 12.8 Å². The summed E-state index contributed by atoms with van der Waals surface area (Å²) in [6.07, 6.45) is 0. The quantitative estimate of drug-likeness (QED) is 0.855. The number of benzene rings is 2. The Labute approximate surface area is 126 Å². The molecular weight excluding hydrogens is 342 g/mol. The Kier molecular flexibility index (Phi) is 4.35. The number of nitrogens with two attached hydrogens (primary N) is 1. The second-order valence-corrected chi connectivity index (χ2v) is 7.13. The number of halogens is 1. The monoisotopic (exact) mass is 355 g/mol. The molecule has 106 valence electrons. The van der Waals surface area contributed by atoms with Crippen LogP contribution in [0.5, 0.6) is 5.75 Å². The van der Waals surface area contributed by atoms with Crippen LogP contribution in [-0.4, -0.2) is 15.5 Å². The van der Waals surface area contributed by atoms with Crippen molar-refractivity contribution >= 4 is 31.5 Å². The van der Waals surface area contributed by atoms with Gasteiger partial charge in [-0.25, -0.2) is 8.42 Å². The summed E-state index contributed by atoms with van der Waals surface area (Å²) in [5, 5.41) is 0. The van der Waals surface area contributed by atoms with E-state index < -0.39 is 9.84 Å². The average molecular weight is 356 g/mol. The molecule has 0 amide bonds. The fourth-order valence-corrected chi connectivity index (χ4v) is 3.81. The van der Waals surface area contributed by atoms with E-state index >= 15 is 0 Å². The number of hydrogen-bond acceptors (Lipinski definition) is 4. The number of hydrogen-bond donors (Lipinski definition) is 1. The van der Waals surface area contributed by atoms with Crippen LogP contribution >= 0.6 is 15.9 Å². The Morgan fingerprint density at radius 1 is 1.20 bits per heavy atom. The van der Waals surface area contributed by atoms with Gasteiger partial charge < -0.3 is 10.5 Å². The molecule has 2 N–H and O–H groups in total. The van der Waals surface area contributed by atoms with Gasteiger partial charge in [-0.05, 0) is 29.8 Å². The molecule has 0 bridgehead atoms. The summed E-state index contributed by atoms with van der Waals surface area (Å²) in [6, 6.07) is 11.7. The summed E-state index contributed by atoms with van der Waals surface area (Å²) in [4.78, 5) is 0.171. The molecule has 2 rings (SSSR count). The SMILES string of the molecule is COc1ccccc1S(=O)(=O)Cc1ccc(Br)cc1N. The molecule has 0 aromatic heterocycles. The molecule has 0 aliphatic carbocycles. The maximum Gasteiger partial charge on any atom is 0.186 e. The highest BCUT2D eigenvalue weighted by Crippen LogP contribution is 2.28. The fourth-order valence-electron chi connectivity index (χ4n) is 1.86. The van der Waals surface area contributed by atoms with Crippen LogP contribution in [0.25, 0.3) is 0 Å². The van der Waals surface area contributed by atoms with E-state index in [-0.39, 0.29) is 10.6 Å². The minimum absolute atomic E-state index is 0.160. The van der Waals surface area contributed by atoms with Crippen LogP contribution in [0, 0.1) is 0 Å². The molecule has 0 unspecified atom stereocenters. The number of methoxy groups -OCH3 is 1. The molecule has 0 aliphatic rings. The zero-order valence-corrected chi connectivity index (χ0v) is 13.2. The van der Waals surface area contributed by atoms with E-state index in [2.05, 4.69) is 15.9 Å². The first-order valence-electron chi connectivity index (χ1n) is 5.84. The van der Waals surface area contributed by atoms with E-state index in [0.717, 1.165) is 4.47 Å². The zero-order chi connectivity index (χ0) is 14.8. The topological polar surface area (TPSA) is 69.4 Å². The van der Waals surface area contributed by atoms with Crippen molar-refractivity contribution < 1.29 is 13.2 Å². The Morgan fingerprint density at radius 3 is 2.55 bits per heavy atom. The van der Waals surface area contributed by atoms with Crippen molar-refractivity contribution in [3.8, 4) is 5.75 Å². The van der Waals surface area contributed by atoms with Gasteiger partial charge >= 0.3 is 0 Å². The lowest BCUT2D eigenvalue weighted by Crippen LogP contribution is -2.08. The van der Waals surface area contributed by atoms with Crippen molar-refractivity contribution in [1.82, 2.24) is 0 Å². The molecular formula is C14H14BrNO3S. The summed E-state index contributed by atoms with van der Waals surface area (Å²) in [7, 11) is -2.06. The highest BCUT2D eigenvalue weighted by atomic mass is 79.9. The van der Waals surface area contributed by atoms with Crippen molar-refractivity contribution in [2.24, 2.45) is 0 Å². The molecule has 0 radical (unpaired) electrons. The first-order valence-corrected chi connectivity index (χ1v) is 8.28. The first kappa shape index (κ1) is 14.9. The molecule has 6 heteroatoms. The number of ether oxygens (including phenoxy) is 1. The van der Waals surface area contributed by atoms with E-state index in [4.69, 9.17) is 10.5 Å². The summed E-state index contributed by atoms with van der Waals surface area (Å²) < 4.78 is 30.9. The number of rotatable bonds is 4. The third kappa shape index (κ3) is 3.13. The van der Waals surface area contributed by atoms with E-state index in [1.807, 2.05) is 0 Å². The van der Waals surface area contributed by atoms with Gasteiger partial charge in [0.2, 0.25) is 0 Å². The predicted octanol–water partition coefficient (Wildman–Crippen LogP) is 3.01. The Morgan fingerprint density at radius 2 is 1.90 bits per heavy atom. The van der Waals surface area contributed by atoms with Gasteiger partial charge in [0.15, 0.2) is 9.84 Å². The van der Waals surface area contributed by atoms with Gasteiger partial charge in [-0.2, -0.15) is 0 Å². The van der Waals surface area contributed by atoms with E-state index in [1.165, 1.54) is 13.2 Å². The Balaban J connectivity index is 2.41. The molecule has 4 nitrogen and oxygen atoms in total. The average Bonchev–Trinajstić information content (AvgIpc) is 2.42. The summed E-state index contributed by atoms with van der Waals surface area (Å²) in [6.45, 7) is 0. The van der Waals surface area contributed by atoms with Crippen LogP contribution < -0.4 is 10.5 Å². The first-order chi connectivity index (χ1) is 9.44. The number of nitrogen functional groups attached to an aromatic ring is 1. The van der Waals surface area contributed by atoms with Crippen molar-refractivity contribution in [3.63, 3.8) is 0 Å². The molecule has 0 saturated heterocycles. The zero-order valence-electron chi connectivity index (χ0n) is 10.8. The second kappa shape index (κ2) is 5.85. The predicted molar refractivity (Wildman–Crippen MR) is 82.4 cm³/mol. The van der Waals surface area contributed by atoms with Crippen LogP contribution in [0.2, 0.25) is 0 Å². The van der Waals surface area contributed by atoms with Crippen LogP contribution in [0.3, 0.4) is 0 Å². The molecule has 0 fully saturated rings. The number of para-hydroxylation sites is 1. The standard InChI is InChI=1S/C14H14BrNO3S/c1-19-13-4-2-3-5-14(13)20(17,18)9-10-6-7-11(15)8-12(10)16/h2-8H,9,16H2,1H3. The molecule has 0 saturated carbocycles. The molecule has 0 atom stereocenters. The van der Waals surface area contributed by atoms with Gasteiger partial charge in [0.05, 0.1) is 12.9 Å². The van der Waals surface area contributed by atoms with Gasteiger partial charge in [0.1, 0.15) is 10.6 Å². The van der Waals surface area contributed by atoms with Gasteiger partial charge in [0.25, 0.3) is 0 Å². The highest BCUT2D eigenvalue weighted by Gasteiger charge is 2.20. The minimum atomic E-state index is -3.51. The molecule has 0 aliphatic heterocycles. The molecule has 2 aromatic carbocycles. The van der Waals surface area contributed by atoms with Gasteiger partial charge in [-0.3, -0.25) is 0 Å². The van der Waals surface area contributed by atoms with E-state index in [1.54, 1.807) is 36.4 Å². The maximum atomic E-state index is 12.5. The maximum absolute atomic E-state index is 12.5. The minimum Gasteiger partial charge on any atom is -0.495 e. The van der Waals surface area contributed by atoms with Crippen LogP contribution in [0.1, 0.15) is 5.56 Å². The van der Waals surface area contributed by atoms with Crippen LogP contribution in [0.15, 0.2) is 51.8 Å². The lowest BCUT2D eigenvalue weighted by molar-refractivity contribution is 0.402. The lowest BCUT2D eigenvalue weighted by Gasteiger charge is -2.11. The summed E-state index contributed by atoms with van der Waals surface area (Å²) in [5.41, 5.74) is 6.86. The third-order valence-electron chi connectivity index (χ3n) is 2.86. The molecule has 2 aromatic rings. The number of sulfone groups is 1. The molecule has 0 spiro atoms. The fraction of sp³-hybridized carbons (Fsp3) is 0.143. The number of anilines is 1. The Bertz CT molecular complexity index is 729. The van der Waals surface area contributed by atoms with E-state index in [0.29, 0.717) is 17.0 Å². The van der Waals surface area contributed by atoms with Crippen molar-refractivity contribution in [2.45, 2.75) is 10.6 Å². The lowest BCUT2D eigenvalue weighted by atomic mass is 10.2. The normalized spacial score (nSPS) is 11.3. The molecule has 20 heavy (non-hydrogen) atoms. The Hall–Kier alpha value is -1.53. The second-order valence-electron chi connectivity index (χ2n) is 4.25. The van der Waals surface area contributed by atoms with Crippen LogP contribution in [0.4, 0.5) is 5.69 Å². The third-order valence-corrected chi connectivity index (χ3v) is 5.05. The smallest absolute Gasteiger partial charge is 0.186 e. The van der Waals surface area contributed by atoms with Crippen molar-refractivity contribution in [1.29, 1.82) is 0 Å². The van der Waals surface area contributed by atoms with Crippen LogP contribution in [-0.2, 0) is 15.6 Å². The summed E-state index contributed by atoms with van der Waals surface area (Å²) in [5.74, 6) is 0.176. The van der Waals surface area contributed by atoms with Gasteiger partial charge in [-0.15, -0.1) is 0 Å². The highest BCUT2D eigenvalue weighted by molar-refractivity contribution is 9.10. The van der Waals surface area contributed by atoms with Crippen molar-refractivity contribution in [3.05, 3.63) is 52.5 Å². The molecule has 0 heterocycles. The summed E-state index contributed by atoms with van der Waals surface area (Å²) >= 11 is 3.29.